The second kappa shape index (κ2) is 17.1. The van der Waals surface area contributed by atoms with E-state index in [0.717, 1.165) is 0 Å². The monoisotopic (exact) mass is 824 g/mol. The fourth-order valence-corrected chi connectivity index (χ4v) is 7.37. The maximum absolute atomic E-state index is 11.3. The summed E-state index contributed by atoms with van der Waals surface area (Å²) < 4.78 is 34.2. The van der Waals surface area contributed by atoms with Gasteiger partial charge in [0.25, 0.3) is 0 Å². The molecular formula is C41H44O18. The molecule has 0 radical (unpaired) electrons. The second-order valence-corrected chi connectivity index (χ2v) is 14.4. The first-order chi connectivity index (χ1) is 28.2. The number of hydrogen-bond donors (Lipinski definition) is 12. The van der Waals surface area contributed by atoms with Crippen LogP contribution in [0.5, 0.6) is 46.0 Å². The number of methoxy groups -OCH3 is 1. The van der Waals surface area contributed by atoms with Gasteiger partial charge in [0.05, 0.1) is 26.2 Å². The van der Waals surface area contributed by atoms with Gasteiger partial charge in [-0.25, -0.2) is 0 Å². The predicted octanol–water partition coefficient (Wildman–Crippen LogP) is 0.311. The summed E-state index contributed by atoms with van der Waals surface area (Å²) in [4.78, 5) is 0. The van der Waals surface area contributed by atoms with Crippen LogP contribution in [0.25, 0.3) is 12.2 Å². The molecule has 7 rings (SSSR count). The maximum Gasteiger partial charge on any atom is 0.229 e. The van der Waals surface area contributed by atoms with Crippen LogP contribution in [-0.2, 0) is 9.47 Å². The molecule has 59 heavy (non-hydrogen) atoms. The smallest absolute Gasteiger partial charge is 0.229 e. The number of benzene rings is 4. The zero-order chi connectivity index (χ0) is 42.3. The van der Waals surface area contributed by atoms with Crippen LogP contribution in [0.4, 0.5) is 0 Å². The minimum absolute atomic E-state index is 0.0111. The van der Waals surface area contributed by atoms with Crippen molar-refractivity contribution in [3.63, 3.8) is 0 Å². The van der Waals surface area contributed by atoms with Crippen molar-refractivity contribution in [2.45, 2.75) is 73.4 Å². The van der Waals surface area contributed by atoms with Crippen molar-refractivity contribution in [3.05, 3.63) is 94.5 Å². The number of rotatable bonds is 11. The number of phenols is 4. The van der Waals surface area contributed by atoms with Crippen LogP contribution in [0.1, 0.15) is 39.8 Å². The molecule has 2 fully saturated rings. The number of aromatic hydroxyl groups is 4. The van der Waals surface area contributed by atoms with Gasteiger partial charge in [-0.2, -0.15) is 0 Å². The van der Waals surface area contributed by atoms with Gasteiger partial charge >= 0.3 is 0 Å². The molecule has 3 aliphatic rings. The highest BCUT2D eigenvalue weighted by molar-refractivity contribution is 5.74. The van der Waals surface area contributed by atoms with Crippen molar-refractivity contribution in [1.29, 1.82) is 0 Å². The molecule has 12 atom stereocenters. The van der Waals surface area contributed by atoms with Crippen LogP contribution in [-0.4, -0.2) is 143 Å². The van der Waals surface area contributed by atoms with Crippen molar-refractivity contribution in [1.82, 2.24) is 0 Å². The molecule has 0 unspecified atom stereocenters. The Morgan fingerprint density at radius 2 is 1.14 bits per heavy atom. The first-order valence-electron chi connectivity index (χ1n) is 18.4. The molecule has 18 nitrogen and oxygen atoms in total. The molecule has 4 aromatic carbocycles. The molecule has 2 saturated heterocycles. The number of fused-ring (bicyclic) bond motifs is 1. The van der Waals surface area contributed by atoms with Gasteiger partial charge in [0.1, 0.15) is 77.9 Å². The zero-order valence-corrected chi connectivity index (χ0v) is 31.2. The lowest BCUT2D eigenvalue weighted by Gasteiger charge is -2.39. The fraction of sp³-hybridized carbons (Fsp3) is 0.366. The van der Waals surface area contributed by atoms with E-state index in [-0.39, 0.29) is 46.0 Å². The average Bonchev–Trinajstić information content (AvgIpc) is 3.60. The van der Waals surface area contributed by atoms with E-state index < -0.39 is 86.6 Å². The number of aliphatic hydroxyl groups excluding tert-OH is 8. The molecule has 3 aliphatic heterocycles. The predicted molar refractivity (Wildman–Crippen MR) is 202 cm³/mol. The van der Waals surface area contributed by atoms with Gasteiger partial charge < -0.3 is 89.7 Å². The largest absolute Gasteiger partial charge is 0.508 e. The molecule has 0 aliphatic carbocycles. The summed E-state index contributed by atoms with van der Waals surface area (Å²) in [5, 5.41) is 124. The van der Waals surface area contributed by atoms with Gasteiger partial charge in [-0.15, -0.1) is 0 Å². The number of aliphatic hydroxyl groups is 8. The highest BCUT2D eigenvalue weighted by Gasteiger charge is 2.46. The molecule has 0 saturated carbocycles. The lowest BCUT2D eigenvalue weighted by molar-refractivity contribution is -0.277. The third-order valence-electron chi connectivity index (χ3n) is 10.4. The van der Waals surface area contributed by atoms with Crippen LogP contribution < -0.4 is 18.9 Å². The molecule has 0 amide bonds. The third kappa shape index (κ3) is 8.41. The van der Waals surface area contributed by atoms with Crippen LogP contribution in [0, 0.1) is 0 Å². The van der Waals surface area contributed by atoms with Gasteiger partial charge in [-0.3, -0.25) is 0 Å². The van der Waals surface area contributed by atoms with Crippen molar-refractivity contribution in [2.75, 3.05) is 20.3 Å². The Hall–Kier alpha value is -5.38. The Morgan fingerprint density at radius 3 is 1.71 bits per heavy atom. The molecule has 18 heteroatoms. The summed E-state index contributed by atoms with van der Waals surface area (Å²) in [5.74, 6) is -1.53. The molecule has 12 N–H and O–H groups in total. The van der Waals surface area contributed by atoms with E-state index in [1.54, 1.807) is 30.4 Å². The van der Waals surface area contributed by atoms with E-state index in [2.05, 4.69) is 0 Å². The van der Waals surface area contributed by atoms with E-state index in [1.165, 1.54) is 55.6 Å². The molecule has 4 aromatic rings. The van der Waals surface area contributed by atoms with Gasteiger partial charge in [-0.05, 0) is 70.8 Å². The van der Waals surface area contributed by atoms with Crippen molar-refractivity contribution < 1.29 is 89.7 Å². The fourth-order valence-electron chi connectivity index (χ4n) is 7.37. The van der Waals surface area contributed by atoms with Gasteiger partial charge in [-0.1, -0.05) is 18.2 Å². The molecule has 0 aromatic heterocycles. The highest BCUT2D eigenvalue weighted by atomic mass is 16.7. The number of phenolic OH excluding ortho intramolecular Hbond substituents is 4. The number of hydrogen-bond acceptors (Lipinski definition) is 18. The minimum atomic E-state index is -1.74. The first kappa shape index (κ1) is 41.8. The minimum Gasteiger partial charge on any atom is -0.508 e. The summed E-state index contributed by atoms with van der Waals surface area (Å²) in [6.07, 6.45) is -13.3. The lowest BCUT2D eigenvalue weighted by atomic mass is 9.84. The Kier molecular flexibility index (Phi) is 12.1. The number of ether oxygens (including phenoxy) is 6. The van der Waals surface area contributed by atoms with E-state index in [9.17, 15) is 61.3 Å². The molecule has 0 spiro atoms. The van der Waals surface area contributed by atoms with Crippen LogP contribution >= 0.6 is 0 Å². The van der Waals surface area contributed by atoms with Gasteiger partial charge in [0.15, 0.2) is 23.0 Å². The Morgan fingerprint density at radius 1 is 0.576 bits per heavy atom. The highest BCUT2D eigenvalue weighted by Crippen LogP contribution is 2.55. The van der Waals surface area contributed by atoms with Gasteiger partial charge in [0.2, 0.25) is 12.6 Å². The van der Waals surface area contributed by atoms with Crippen molar-refractivity contribution in [3.8, 4) is 46.0 Å². The molecule has 3 heterocycles. The standard InChI is InChI=1S/C41H44O18/c1-54-28-12-19(4-5-26(28)46)38-31(20-10-22(45)14-24(11-20)56-41-37(53)35(51)33(49)30(16-43)58-41)25-8-18(9-27(47)39(25)59-38)3-2-17-6-21(44)13-23(7-17)55-40-36(52)34(50)32(48)29(15-42)57-40/h2-14,29-38,40-53H,15-16H2,1H3/b3-2+/t29-,30-,31-,32-,33-,34+,35+,36-,37-,38+,40-,41-/m1/s1. The molecule has 316 valence electrons. The normalized spacial score (nSPS) is 30.5. The van der Waals surface area contributed by atoms with Gasteiger partial charge in [0, 0.05) is 17.7 Å². The van der Waals surface area contributed by atoms with Crippen molar-refractivity contribution >= 4 is 12.2 Å². The maximum atomic E-state index is 11.3. The molecular weight excluding hydrogens is 780 g/mol. The van der Waals surface area contributed by atoms with E-state index in [0.29, 0.717) is 27.8 Å². The summed E-state index contributed by atoms with van der Waals surface area (Å²) in [6, 6.07) is 16.0. The van der Waals surface area contributed by atoms with Crippen molar-refractivity contribution in [2.24, 2.45) is 0 Å². The average molecular weight is 825 g/mol. The van der Waals surface area contributed by atoms with E-state index >= 15 is 0 Å². The van der Waals surface area contributed by atoms with E-state index in [1.807, 2.05) is 0 Å². The topological polar surface area (TPSA) is 298 Å². The quantitative estimate of drug-likeness (QED) is 0.0906. The summed E-state index contributed by atoms with van der Waals surface area (Å²) >= 11 is 0. The zero-order valence-electron chi connectivity index (χ0n) is 31.2. The SMILES string of the molecule is COc1cc([C@@H]2Oc3c(O)cc(/C=C/c4cc(O)cc(O[C@@H]5O[C@H](CO)[C@@H](O)[C@H](O)[C@H]5O)c4)cc3[C@H]2c2cc(O)cc(O[C@@H]3O[C@H](CO)[C@@H](O)[C@H](O)[C@H]3O)c2)ccc1O. The lowest BCUT2D eigenvalue weighted by Crippen LogP contribution is -2.60. The summed E-state index contributed by atoms with van der Waals surface area (Å²) in [7, 11) is 1.37. The Labute approximate surface area is 335 Å². The Bertz CT molecular complexity index is 2160. The second-order valence-electron chi connectivity index (χ2n) is 14.4. The summed E-state index contributed by atoms with van der Waals surface area (Å²) in [6.45, 7) is -1.35. The van der Waals surface area contributed by atoms with E-state index in [4.69, 9.17) is 28.4 Å². The van der Waals surface area contributed by atoms with Crippen LogP contribution in [0.15, 0.2) is 66.7 Å². The van der Waals surface area contributed by atoms with Crippen LogP contribution in [0.3, 0.4) is 0 Å². The third-order valence-corrected chi connectivity index (χ3v) is 10.4. The first-order valence-corrected chi connectivity index (χ1v) is 18.4. The summed E-state index contributed by atoms with van der Waals surface area (Å²) in [5.41, 5.74) is 2.15. The van der Waals surface area contributed by atoms with Crippen LogP contribution in [0.2, 0.25) is 0 Å². The molecule has 0 bridgehead atoms. The Balaban J connectivity index is 1.23.